The van der Waals surface area contributed by atoms with Gasteiger partial charge in [0.2, 0.25) is 11.8 Å². The number of fused-ring (bicyclic) bond motifs is 3. The van der Waals surface area contributed by atoms with Crippen LogP contribution < -0.4 is 4.90 Å². The number of aliphatic hydroxyl groups is 1. The number of anilines is 1. The maximum atomic E-state index is 12.9. The average molecular weight is 404 g/mol. The normalized spacial score (nSPS) is 21.8. The van der Waals surface area contributed by atoms with Crippen LogP contribution in [-0.2, 0) is 22.6 Å². The van der Waals surface area contributed by atoms with Crippen LogP contribution in [0.15, 0.2) is 12.2 Å². The van der Waals surface area contributed by atoms with E-state index in [1.165, 1.54) is 21.1 Å². The van der Waals surface area contributed by atoms with Crippen molar-refractivity contribution in [2.75, 3.05) is 38.2 Å². The molecule has 0 fully saturated rings. The third-order valence-corrected chi connectivity index (χ3v) is 6.98. The van der Waals surface area contributed by atoms with Crippen molar-refractivity contribution in [3.63, 3.8) is 0 Å². The largest absolute Gasteiger partial charge is 0.395 e. The summed E-state index contributed by atoms with van der Waals surface area (Å²) in [6.07, 6.45) is 7.51. The molecular weight excluding hydrogens is 378 g/mol. The molecule has 1 aromatic rings. The van der Waals surface area contributed by atoms with Crippen molar-refractivity contribution >= 4 is 34.1 Å². The SMILES string of the molecule is CN1CC(=O)N(CCO)c2sc3c(c2C1=O)CCN(C(=O)CC1C=CCC1)C3. The molecule has 1 unspecified atom stereocenters. The third kappa shape index (κ3) is 3.35. The Labute approximate surface area is 168 Å². The number of allylic oxidation sites excluding steroid dienone is 2. The van der Waals surface area contributed by atoms with E-state index < -0.39 is 0 Å². The first-order chi connectivity index (χ1) is 13.5. The quantitative estimate of drug-likeness (QED) is 0.771. The lowest BCUT2D eigenvalue weighted by molar-refractivity contribution is -0.132. The fourth-order valence-electron chi connectivity index (χ4n) is 4.22. The molecule has 3 heterocycles. The number of amides is 3. The van der Waals surface area contributed by atoms with E-state index in [9.17, 15) is 19.5 Å². The molecule has 8 heteroatoms. The number of carbonyl (C=O) groups is 3. The van der Waals surface area contributed by atoms with E-state index in [2.05, 4.69) is 12.2 Å². The fourth-order valence-corrected chi connectivity index (χ4v) is 5.62. The van der Waals surface area contributed by atoms with E-state index in [1.807, 2.05) is 4.90 Å². The summed E-state index contributed by atoms with van der Waals surface area (Å²) >= 11 is 1.41. The lowest BCUT2D eigenvalue weighted by Crippen LogP contribution is -2.39. The predicted molar refractivity (Wildman–Crippen MR) is 106 cm³/mol. The minimum Gasteiger partial charge on any atom is -0.395 e. The molecule has 28 heavy (non-hydrogen) atoms. The highest BCUT2D eigenvalue weighted by Crippen LogP contribution is 2.41. The third-order valence-electron chi connectivity index (χ3n) is 5.74. The van der Waals surface area contributed by atoms with Gasteiger partial charge in [-0.25, -0.2) is 0 Å². The van der Waals surface area contributed by atoms with Crippen LogP contribution in [-0.4, -0.2) is 65.9 Å². The van der Waals surface area contributed by atoms with Gasteiger partial charge in [0.1, 0.15) is 11.5 Å². The molecular formula is C20H25N3O4S. The second-order valence-corrected chi connectivity index (χ2v) is 8.73. The lowest BCUT2D eigenvalue weighted by Gasteiger charge is -2.28. The molecule has 1 atom stereocenters. The molecule has 3 aliphatic rings. The monoisotopic (exact) mass is 403 g/mol. The zero-order chi connectivity index (χ0) is 19.8. The summed E-state index contributed by atoms with van der Waals surface area (Å²) in [5.41, 5.74) is 1.53. The Morgan fingerprint density at radius 2 is 2.14 bits per heavy atom. The molecule has 150 valence electrons. The zero-order valence-corrected chi connectivity index (χ0v) is 16.8. The minimum absolute atomic E-state index is 0.00846. The van der Waals surface area contributed by atoms with Crippen molar-refractivity contribution in [3.8, 4) is 0 Å². The van der Waals surface area contributed by atoms with Gasteiger partial charge in [-0.2, -0.15) is 0 Å². The van der Waals surface area contributed by atoms with Crippen molar-refractivity contribution in [1.29, 1.82) is 0 Å². The molecule has 1 aliphatic carbocycles. The van der Waals surface area contributed by atoms with E-state index in [0.29, 0.717) is 42.4 Å². The van der Waals surface area contributed by atoms with Crippen molar-refractivity contribution in [2.24, 2.45) is 5.92 Å². The molecule has 3 amide bonds. The summed E-state index contributed by atoms with van der Waals surface area (Å²) < 4.78 is 0. The number of thiophene rings is 1. The lowest BCUT2D eigenvalue weighted by atomic mass is 10.00. The minimum atomic E-state index is -0.191. The van der Waals surface area contributed by atoms with Crippen LogP contribution in [0.1, 0.15) is 40.1 Å². The first kappa shape index (κ1) is 19.1. The Balaban J connectivity index is 1.61. The van der Waals surface area contributed by atoms with Gasteiger partial charge in [-0.3, -0.25) is 19.3 Å². The standard InChI is InChI=1S/C20H25N3O4S/c1-21-12-17(26)23(8-9-24)20-18(19(21)27)14-6-7-22(11-15(14)28-20)16(25)10-13-4-2-3-5-13/h2,4,13,24H,3,5-12H2,1H3. The highest BCUT2D eigenvalue weighted by atomic mass is 32.1. The van der Waals surface area contributed by atoms with Crippen molar-refractivity contribution in [1.82, 2.24) is 9.80 Å². The highest BCUT2D eigenvalue weighted by Gasteiger charge is 2.37. The van der Waals surface area contributed by atoms with Crippen molar-refractivity contribution < 1.29 is 19.5 Å². The number of likely N-dealkylation sites (N-methyl/N-ethyl adjacent to an activating group) is 1. The summed E-state index contributed by atoms with van der Waals surface area (Å²) in [6, 6.07) is 0. The number of rotatable bonds is 4. The van der Waals surface area contributed by atoms with Gasteiger partial charge >= 0.3 is 0 Å². The predicted octanol–water partition coefficient (Wildman–Crippen LogP) is 1.40. The smallest absolute Gasteiger partial charge is 0.257 e. The number of carbonyl (C=O) groups excluding carboxylic acids is 3. The molecule has 1 N–H and O–H groups in total. The topological polar surface area (TPSA) is 81.2 Å². The Hall–Kier alpha value is -2.19. The first-order valence-electron chi connectivity index (χ1n) is 9.75. The molecule has 1 aromatic heterocycles. The molecule has 4 rings (SSSR count). The first-order valence-corrected chi connectivity index (χ1v) is 10.6. The molecule has 0 aromatic carbocycles. The fraction of sp³-hybridized carbons (Fsp3) is 0.550. The number of nitrogens with zero attached hydrogens (tertiary/aromatic N) is 3. The van der Waals surface area contributed by atoms with Gasteiger partial charge in [0.25, 0.3) is 5.91 Å². The summed E-state index contributed by atoms with van der Waals surface area (Å²) in [4.78, 5) is 44.0. The van der Waals surface area contributed by atoms with Crippen LogP contribution in [0.2, 0.25) is 0 Å². The van der Waals surface area contributed by atoms with Gasteiger partial charge in [0.05, 0.1) is 18.7 Å². The molecule has 0 saturated carbocycles. The number of aliphatic hydroxyl groups excluding tert-OH is 1. The second kappa shape index (κ2) is 7.67. The summed E-state index contributed by atoms with van der Waals surface area (Å²) in [5, 5.41) is 10.0. The molecule has 0 radical (unpaired) electrons. The summed E-state index contributed by atoms with van der Waals surface area (Å²) in [6.45, 7) is 1.10. The molecule has 0 bridgehead atoms. The maximum Gasteiger partial charge on any atom is 0.257 e. The Morgan fingerprint density at radius 1 is 1.32 bits per heavy atom. The molecule has 2 aliphatic heterocycles. The van der Waals surface area contributed by atoms with Crippen LogP contribution >= 0.6 is 11.3 Å². The van der Waals surface area contributed by atoms with Gasteiger partial charge in [-0.1, -0.05) is 12.2 Å². The maximum absolute atomic E-state index is 12.9. The van der Waals surface area contributed by atoms with Gasteiger partial charge < -0.3 is 14.9 Å². The highest BCUT2D eigenvalue weighted by molar-refractivity contribution is 7.17. The summed E-state index contributed by atoms with van der Waals surface area (Å²) in [7, 11) is 1.63. The summed E-state index contributed by atoms with van der Waals surface area (Å²) in [5.74, 6) is 0.139. The van der Waals surface area contributed by atoms with Gasteiger partial charge in [-0.05, 0) is 30.7 Å². The van der Waals surface area contributed by atoms with E-state index in [-0.39, 0.29) is 37.4 Å². The average Bonchev–Trinajstić information content (AvgIpc) is 3.30. The van der Waals surface area contributed by atoms with Crippen LogP contribution in [0.3, 0.4) is 0 Å². The molecule has 0 saturated heterocycles. The van der Waals surface area contributed by atoms with Crippen molar-refractivity contribution in [3.05, 3.63) is 28.2 Å². The number of hydrogen-bond donors (Lipinski definition) is 1. The van der Waals surface area contributed by atoms with E-state index >= 15 is 0 Å². The Morgan fingerprint density at radius 3 is 2.86 bits per heavy atom. The van der Waals surface area contributed by atoms with Gasteiger partial charge in [0.15, 0.2) is 0 Å². The van der Waals surface area contributed by atoms with E-state index in [0.717, 1.165) is 23.3 Å². The van der Waals surface area contributed by atoms with Crippen LogP contribution in [0.4, 0.5) is 5.00 Å². The zero-order valence-electron chi connectivity index (χ0n) is 16.0. The van der Waals surface area contributed by atoms with Crippen LogP contribution in [0.5, 0.6) is 0 Å². The second-order valence-electron chi connectivity index (χ2n) is 7.65. The van der Waals surface area contributed by atoms with Gasteiger partial charge in [0, 0.05) is 31.4 Å². The van der Waals surface area contributed by atoms with E-state index in [4.69, 9.17) is 0 Å². The molecule has 0 spiro atoms. The Kier molecular flexibility index (Phi) is 5.25. The number of β-amino-alcohol motifs (C(OH)–C–C–N with tert-alkyl or cyclic N) is 1. The van der Waals surface area contributed by atoms with Crippen LogP contribution in [0, 0.1) is 5.92 Å². The Bertz CT molecular complexity index is 847. The van der Waals surface area contributed by atoms with Gasteiger partial charge in [-0.15, -0.1) is 11.3 Å². The van der Waals surface area contributed by atoms with E-state index in [1.54, 1.807) is 7.05 Å². The van der Waals surface area contributed by atoms with Crippen molar-refractivity contribution in [2.45, 2.75) is 32.2 Å². The van der Waals surface area contributed by atoms with Crippen LogP contribution in [0.25, 0.3) is 0 Å². The number of hydrogen-bond acceptors (Lipinski definition) is 5. The molecule has 7 nitrogen and oxygen atoms in total.